The zero-order valence-electron chi connectivity index (χ0n) is 21.4. The molecule has 0 radical (unpaired) electrons. The van der Waals surface area contributed by atoms with Crippen LogP contribution in [0, 0.1) is 11.8 Å². The van der Waals surface area contributed by atoms with Gasteiger partial charge in [0.05, 0.1) is 0 Å². The third-order valence-corrected chi connectivity index (χ3v) is 10.9. The molecule has 3 heteroatoms. The van der Waals surface area contributed by atoms with Crippen LogP contribution in [0.5, 0.6) is 0 Å². The average Bonchev–Trinajstić information content (AvgIpc) is 3.03. The molecule has 0 saturated heterocycles. The summed E-state index contributed by atoms with van der Waals surface area (Å²) in [6.07, 6.45) is 12.2. The van der Waals surface area contributed by atoms with Crippen molar-refractivity contribution in [1.82, 2.24) is 0 Å². The second-order valence-electron chi connectivity index (χ2n) is 9.65. The summed E-state index contributed by atoms with van der Waals surface area (Å²) in [4.78, 5) is 0. The van der Waals surface area contributed by atoms with Crippen LogP contribution in [0.3, 0.4) is 0 Å². The van der Waals surface area contributed by atoms with E-state index in [2.05, 4.69) is 113 Å². The Labute approximate surface area is 198 Å². The molecule has 29 heavy (non-hydrogen) atoms. The molecular weight excluding hydrogens is 405 g/mol. The summed E-state index contributed by atoms with van der Waals surface area (Å²) in [6, 6.07) is 0. The van der Waals surface area contributed by atoms with Gasteiger partial charge in [0.2, 0.25) is 0 Å². The molecular formula is C26H48NPTi. The SMILES string of the molecule is CC(=CC(C)C)C(C)=CC(C)C.CC(C)P(=NC1=CC=CC1)(C(C)C)C(C)C.[Ti]. The van der Waals surface area contributed by atoms with Gasteiger partial charge in [-0.3, -0.25) is 4.74 Å². The summed E-state index contributed by atoms with van der Waals surface area (Å²) in [5.74, 6) is 1.31. The van der Waals surface area contributed by atoms with E-state index >= 15 is 0 Å². The third-order valence-electron chi connectivity index (χ3n) is 5.32. The molecule has 0 fully saturated rings. The number of rotatable bonds is 7. The van der Waals surface area contributed by atoms with Crippen LogP contribution in [0.4, 0.5) is 0 Å². The van der Waals surface area contributed by atoms with Crippen LogP contribution >= 0.6 is 7.05 Å². The maximum Gasteiger partial charge on any atom is 0.0425 e. The molecule has 0 amide bonds. The third kappa shape index (κ3) is 10.7. The molecule has 1 aliphatic carbocycles. The fourth-order valence-corrected chi connectivity index (χ4v) is 8.99. The van der Waals surface area contributed by atoms with Gasteiger partial charge in [-0.2, -0.15) is 0 Å². The minimum atomic E-state index is -1.24. The fourth-order valence-electron chi connectivity index (χ4n) is 4.13. The van der Waals surface area contributed by atoms with Gasteiger partial charge in [0, 0.05) is 33.8 Å². The van der Waals surface area contributed by atoms with E-state index in [1.165, 1.54) is 16.8 Å². The Bertz CT molecular complexity index is 593. The number of hydrogen-bond donors (Lipinski definition) is 0. The summed E-state index contributed by atoms with van der Waals surface area (Å²) < 4.78 is 5.22. The molecule has 0 spiro atoms. The summed E-state index contributed by atoms with van der Waals surface area (Å²) >= 11 is 0. The topological polar surface area (TPSA) is 12.4 Å². The summed E-state index contributed by atoms with van der Waals surface area (Å²) in [5.41, 5.74) is 6.19. The van der Waals surface area contributed by atoms with Gasteiger partial charge < -0.3 is 0 Å². The zero-order valence-corrected chi connectivity index (χ0v) is 23.8. The van der Waals surface area contributed by atoms with E-state index in [0.717, 1.165) is 6.42 Å². The number of allylic oxidation sites excluding steroid dienone is 7. The van der Waals surface area contributed by atoms with Gasteiger partial charge in [-0.05, 0) is 55.8 Å². The van der Waals surface area contributed by atoms with Gasteiger partial charge in [-0.25, -0.2) is 0 Å². The Morgan fingerprint density at radius 1 is 0.793 bits per heavy atom. The van der Waals surface area contributed by atoms with Crippen molar-refractivity contribution in [1.29, 1.82) is 0 Å². The van der Waals surface area contributed by atoms with Crippen LogP contribution in [0.1, 0.15) is 89.5 Å². The van der Waals surface area contributed by atoms with Crippen LogP contribution in [0.2, 0.25) is 0 Å². The van der Waals surface area contributed by atoms with Crippen molar-refractivity contribution in [3.8, 4) is 0 Å². The first-order chi connectivity index (χ1) is 12.8. The largest absolute Gasteiger partial charge is 0.271 e. The average molecular weight is 454 g/mol. The van der Waals surface area contributed by atoms with Crippen molar-refractivity contribution in [3.63, 3.8) is 0 Å². The zero-order chi connectivity index (χ0) is 22.1. The minimum Gasteiger partial charge on any atom is -0.271 e. The second kappa shape index (κ2) is 14.8. The van der Waals surface area contributed by atoms with Crippen LogP contribution in [-0.2, 0) is 21.7 Å². The molecule has 0 atom stereocenters. The van der Waals surface area contributed by atoms with Gasteiger partial charge >= 0.3 is 0 Å². The van der Waals surface area contributed by atoms with Crippen molar-refractivity contribution in [2.75, 3.05) is 0 Å². The molecule has 1 aliphatic rings. The Balaban J connectivity index is 0. The first-order valence-corrected chi connectivity index (χ1v) is 13.1. The molecule has 0 N–H and O–H groups in total. The normalized spacial score (nSPS) is 15.1. The van der Waals surface area contributed by atoms with Gasteiger partial charge in [0.15, 0.2) is 0 Å². The molecule has 1 nitrogen and oxygen atoms in total. The molecule has 0 aromatic carbocycles. The van der Waals surface area contributed by atoms with Gasteiger partial charge in [0.25, 0.3) is 0 Å². The number of hydrogen-bond acceptors (Lipinski definition) is 1. The van der Waals surface area contributed by atoms with Crippen LogP contribution in [0.25, 0.3) is 0 Å². The minimum absolute atomic E-state index is 0. The van der Waals surface area contributed by atoms with E-state index in [1.54, 1.807) is 0 Å². The van der Waals surface area contributed by atoms with Gasteiger partial charge in [-0.15, -0.1) is 0 Å². The molecule has 0 aromatic rings. The molecule has 0 heterocycles. The van der Waals surface area contributed by atoms with E-state index in [4.69, 9.17) is 4.74 Å². The smallest absolute Gasteiger partial charge is 0.0425 e. The Morgan fingerprint density at radius 2 is 1.17 bits per heavy atom. The van der Waals surface area contributed by atoms with Crippen LogP contribution in [0.15, 0.2) is 52.0 Å². The van der Waals surface area contributed by atoms with Crippen molar-refractivity contribution in [2.45, 2.75) is 106 Å². The molecule has 0 bridgehead atoms. The standard InChI is InChI=1S/C14H26NP.C12H22.Ti/c1-11(2)16(12(3)4,13(5)6)15-14-9-7-8-10-14;1-9(2)7-11(5)12(6)8-10(3)4;/h7-9,11-13H,10H2,1-6H3;7-10H,1-6H3;. The monoisotopic (exact) mass is 453 g/mol. The predicted molar refractivity (Wildman–Crippen MR) is 134 cm³/mol. The van der Waals surface area contributed by atoms with Crippen molar-refractivity contribution in [3.05, 3.63) is 47.2 Å². The first-order valence-electron chi connectivity index (χ1n) is 11.2. The van der Waals surface area contributed by atoms with Crippen LogP contribution in [-0.4, -0.2) is 17.0 Å². The van der Waals surface area contributed by atoms with Crippen LogP contribution < -0.4 is 0 Å². The molecule has 166 valence electrons. The summed E-state index contributed by atoms with van der Waals surface area (Å²) in [6.45, 7) is 27.3. The maximum atomic E-state index is 5.22. The summed E-state index contributed by atoms with van der Waals surface area (Å²) in [7, 11) is -1.24. The molecule has 0 aliphatic heterocycles. The maximum absolute atomic E-state index is 5.22. The van der Waals surface area contributed by atoms with E-state index in [9.17, 15) is 0 Å². The molecule has 0 unspecified atom stereocenters. The molecule has 0 aromatic heterocycles. The quantitative estimate of drug-likeness (QED) is 0.207. The molecule has 1 rings (SSSR count). The van der Waals surface area contributed by atoms with E-state index in [-0.39, 0.29) is 21.7 Å². The molecule has 0 saturated carbocycles. The van der Waals surface area contributed by atoms with Crippen molar-refractivity contribution in [2.24, 2.45) is 16.6 Å². The van der Waals surface area contributed by atoms with E-state index in [1.807, 2.05) is 0 Å². The fraction of sp³-hybridized carbons (Fsp3) is 0.692. The Hall–Kier alpha value is -0.0957. The van der Waals surface area contributed by atoms with Crippen molar-refractivity contribution < 1.29 is 21.7 Å². The Morgan fingerprint density at radius 3 is 1.41 bits per heavy atom. The second-order valence-corrected chi connectivity index (χ2v) is 14.5. The predicted octanol–water partition coefficient (Wildman–Crippen LogP) is 9.45. The first kappa shape index (κ1) is 31.1. The number of nitrogens with zero attached hydrogens (tertiary/aromatic N) is 1. The van der Waals surface area contributed by atoms with Crippen molar-refractivity contribution >= 4 is 7.05 Å². The van der Waals surface area contributed by atoms with Gasteiger partial charge in [-0.1, -0.05) is 105 Å². The van der Waals surface area contributed by atoms with E-state index in [0.29, 0.717) is 28.8 Å². The van der Waals surface area contributed by atoms with E-state index < -0.39 is 7.05 Å². The summed E-state index contributed by atoms with van der Waals surface area (Å²) in [5, 5.41) is 0. The Kier molecular flexibility index (Phi) is 15.9. The van der Waals surface area contributed by atoms with Gasteiger partial charge in [0.1, 0.15) is 0 Å².